The van der Waals surface area contributed by atoms with E-state index < -0.39 is 18.1 Å². The van der Waals surface area contributed by atoms with Crippen LogP contribution in [0.2, 0.25) is 0 Å². The topological polar surface area (TPSA) is 22.1 Å². The zero-order valence-corrected chi connectivity index (χ0v) is 8.91. The number of rotatable bonds is 2. The van der Waals surface area contributed by atoms with Gasteiger partial charge in [-0.3, -0.25) is 0 Å². The maximum absolute atomic E-state index is 13.4. The standard InChI is InChI=1S/C12H7F4NO/c13-11-9(5-3-7-17-11)8-4-1-2-6-10(8)18-12(14,15)16/h1-7H. The molecular weight excluding hydrogens is 250 g/mol. The second-order valence-electron chi connectivity index (χ2n) is 3.39. The van der Waals surface area contributed by atoms with E-state index in [4.69, 9.17) is 0 Å². The van der Waals surface area contributed by atoms with Crippen LogP contribution in [-0.2, 0) is 0 Å². The SMILES string of the molecule is Fc1ncccc1-c1ccccc1OC(F)(F)F. The number of ether oxygens (including phenoxy) is 1. The Bertz CT molecular complexity index is 554. The average Bonchev–Trinajstić information content (AvgIpc) is 2.29. The lowest BCUT2D eigenvalue weighted by Gasteiger charge is -2.13. The fraction of sp³-hybridized carbons (Fsp3) is 0.0833. The molecule has 1 heterocycles. The normalized spacial score (nSPS) is 11.3. The van der Waals surface area contributed by atoms with Gasteiger partial charge >= 0.3 is 6.36 Å². The van der Waals surface area contributed by atoms with Crippen LogP contribution in [0.4, 0.5) is 17.6 Å². The van der Waals surface area contributed by atoms with Gasteiger partial charge in [-0.1, -0.05) is 18.2 Å². The van der Waals surface area contributed by atoms with Crippen LogP contribution < -0.4 is 4.74 Å². The Morgan fingerprint density at radius 3 is 2.28 bits per heavy atom. The molecule has 0 N–H and O–H groups in total. The van der Waals surface area contributed by atoms with Crippen molar-refractivity contribution in [2.24, 2.45) is 0 Å². The molecule has 0 saturated carbocycles. The number of halogens is 4. The predicted molar refractivity (Wildman–Crippen MR) is 56.3 cm³/mol. The van der Waals surface area contributed by atoms with Crippen LogP contribution >= 0.6 is 0 Å². The Kier molecular flexibility index (Phi) is 3.18. The van der Waals surface area contributed by atoms with Crippen LogP contribution in [0.3, 0.4) is 0 Å². The molecule has 0 unspecified atom stereocenters. The fourth-order valence-electron chi connectivity index (χ4n) is 1.49. The van der Waals surface area contributed by atoms with Gasteiger partial charge in [0.05, 0.1) is 0 Å². The van der Waals surface area contributed by atoms with Crippen LogP contribution in [0.5, 0.6) is 5.75 Å². The second kappa shape index (κ2) is 4.64. The number of alkyl halides is 3. The first-order valence-electron chi connectivity index (χ1n) is 4.93. The minimum atomic E-state index is -4.82. The molecule has 1 aromatic carbocycles. The average molecular weight is 257 g/mol. The first kappa shape index (κ1) is 12.3. The van der Waals surface area contributed by atoms with E-state index in [2.05, 4.69) is 9.72 Å². The fourth-order valence-corrected chi connectivity index (χ4v) is 1.49. The Morgan fingerprint density at radius 2 is 1.61 bits per heavy atom. The van der Waals surface area contributed by atoms with E-state index in [0.717, 1.165) is 6.07 Å². The lowest BCUT2D eigenvalue weighted by molar-refractivity contribution is -0.274. The van der Waals surface area contributed by atoms with Gasteiger partial charge in [0.15, 0.2) is 0 Å². The summed E-state index contributed by atoms with van der Waals surface area (Å²) in [5.41, 5.74) is -0.0437. The van der Waals surface area contributed by atoms with Crippen molar-refractivity contribution < 1.29 is 22.3 Å². The molecule has 2 rings (SSSR count). The number of pyridine rings is 1. The van der Waals surface area contributed by atoms with E-state index in [-0.39, 0.29) is 11.1 Å². The number of para-hydroxylation sites is 1. The number of benzene rings is 1. The molecule has 0 fully saturated rings. The van der Waals surface area contributed by atoms with Gasteiger partial charge in [0.25, 0.3) is 0 Å². The second-order valence-corrected chi connectivity index (χ2v) is 3.39. The molecule has 18 heavy (non-hydrogen) atoms. The van der Waals surface area contributed by atoms with Crippen LogP contribution in [0.15, 0.2) is 42.6 Å². The van der Waals surface area contributed by atoms with Gasteiger partial charge in [0, 0.05) is 17.3 Å². The van der Waals surface area contributed by atoms with Gasteiger partial charge in [0.1, 0.15) is 5.75 Å². The molecule has 0 bridgehead atoms. The van der Waals surface area contributed by atoms with Crippen LogP contribution in [-0.4, -0.2) is 11.3 Å². The summed E-state index contributed by atoms with van der Waals surface area (Å²) < 4.78 is 53.9. The van der Waals surface area contributed by atoms with Gasteiger partial charge in [-0.2, -0.15) is 4.39 Å². The van der Waals surface area contributed by atoms with Crippen molar-refractivity contribution in [3.8, 4) is 16.9 Å². The lowest BCUT2D eigenvalue weighted by Crippen LogP contribution is -2.17. The first-order chi connectivity index (χ1) is 8.47. The summed E-state index contributed by atoms with van der Waals surface area (Å²) in [7, 11) is 0. The molecule has 0 saturated heterocycles. The summed E-state index contributed by atoms with van der Waals surface area (Å²) in [6.07, 6.45) is -3.61. The Morgan fingerprint density at radius 1 is 0.944 bits per heavy atom. The third kappa shape index (κ3) is 2.77. The minimum absolute atomic E-state index is 0.000394. The van der Waals surface area contributed by atoms with Crippen molar-refractivity contribution in [3.05, 3.63) is 48.5 Å². The van der Waals surface area contributed by atoms with E-state index in [1.54, 1.807) is 0 Å². The number of aromatic nitrogens is 1. The Balaban J connectivity index is 2.49. The molecule has 0 atom stereocenters. The summed E-state index contributed by atoms with van der Waals surface area (Å²) in [6.45, 7) is 0. The van der Waals surface area contributed by atoms with Gasteiger partial charge in [0.2, 0.25) is 5.95 Å². The molecule has 94 valence electrons. The van der Waals surface area contributed by atoms with Crippen LogP contribution in [0.25, 0.3) is 11.1 Å². The molecule has 2 aromatic rings. The van der Waals surface area contributed by atoms with E-state index in [9.17, 15) is 17.6 Å². The van der Waals surface area contributed by atoms with Crippen molar-refractivity contribution in [1.82, 2.24) is 4.98 Å². The number of hydrogen-bond donors (Lipinski definition) is 0. The summed E-state index contributed by atoms with van der Waals surface area (Å²) >= 11 is 0. The zero-order chi connectivity index (χ0) is 13.2. The van der Waals surface area contributed by atoms with Crippen molar-refractivity contribution in [1.29, 1.82) is 0 Å². The molecule has 0 aliphatic carbocycles. The van der Waals surface area contributed by atoms with E-state index in [1.807, 2.05) is 0 Å². The molecule has 0 aliphatic rings. The molecule has 1 aromatic heterocycles. The van der Waals surface area contributed by atoms with Gasteiger partial charge in [-0.15, -0.1) is 13.2 Å². The third-order valence-corrected chi connectivity index (χ3v) is 2.16. The van der Waals surface area contributed by atoms with Gasteiger partial charge < -0.3 is 4.74 Å². The zero-order valence-electron chi connectivity index (χ0n) is 8.91. The highest BCUT2D eigenvalue weighted by molar-refractivity contribution is 5.70. The smallest absolute Gasteiger partial charge is 0.405 e. The summed E-state index contributed by atoms with van der Waals surface area (Å²) in [4.78, 5) is 3.39. The van der Waals surface area contributed by atoms with Crippen molar-refractivity contribution in [2.75, 3.05) is 0 Å². The molecule has 6 heteroatoms. The largest absolute Gasteiger partial charge is 0.573 e. The highest BCUT2D eigenvalue weighted by atomic mass is 19.4. The van der Waals surface area contributed by atoms with Gasteiger partial charge in [-0.05, 0) is 18.2 Å². The van der Waals surface area contributed by atoms with E-state index in [1.165, 1.54) is 36.5 Å². The monoisotopic (exact) mass is 257 g/mol. The van der Waals surface area contributed by atoms with Crippen molar-refractivity contribution in [2.45, 2.75) is 6.36 Å². The van der Waals surface area contributed by atoms with Crippen LogP contribution in [0.1, 0.15) is 0 Å². The number of hydrogen-bond acceptors (Lipinski definition) is 2. The molecule has 0 amide bonds. The Labute approximate surface area is 99.8 Å². The van der Waals surface area contributed by atoms with Crippen LogP contribution in [0, 0.1) is 5.95 Å². The van der Waals surface area contributed by atoms with Crippen molar-refractivity contribution >= 4 is 0 Å². The lowest BCUT2D eigenvalue weighted by atomic mass is 10.1. The highest BCUT2D eigenvalue weighted by Crippen LogP contribution is 2.34. The van der Waals surface area contributed by atoms with Crippen molar-refractivity contribution in [3.63, 3.8) is 0 Å². The maximum Gasteiger partial charge on any atom is 0.573 e. The third-order valence-electron chi connectivity index (χ3n) is 2.16. The molecule has 0 radical (unpaired) electrons. The predicted octanol–water partition coefficient (Wildman–Crippen LogP) is 3.79. The maximum atomic E-state index is 13.4. The van der Waals surface area contributed by atoms with Gasteiger partial charge in [-0.25, -0.2) is 4.98 Å². The first-order valence-corrected chi connectivity index (χ1v) is 4.93. The summed E-state index contributed by atoms with van der Waals surface area (Å²) in [5, 5.41) is 0. The molecular formula is C12H7F4NO. The molecule has 0 aliphatic heterocycles. The quantitative estimate of drug-likeness (QED) is 0.603. The number of nitrogens with zero attached hydrogens (tertiary/aromatic N) is 1. The molecule has 2 nitrogen and oxygen atoms in total. The summed E-state index contributed by atoms with van der Waals surface area (Å²) in [5.74, 6) is -1.31. The highest BCUT2D eigenvalue weighted by Gasteiger charge is 2.32. The molecule has 0 spiro atoms. The van der Waals surface area contributed by atoms with E-state index >= 15 is 0 Å². The summed E-state index contributed by atoms with van der Waals surface area (Å²) in [6, 6.07) is 8.09. The Hall–Kier alpha value is -2.11. The van der Waals surface area contributed by atoms with E-state index in [0.29, 0.717) is 0 Å². The minimum Gasteiger partial charge on any atom is -0.405 e.